The van der Waals surface area contributed by atoms with E-state index < -0.39 is 0 Å². The van der Waals surface area contributed by atoms with E-state index in [1.54, 1.807) is 0 Å². The van der Waals surface area contributed by atoms with Crippen LogP contribution in [0.2, 0.25) is 0 Å². The van der Waals surface area contributed by atoms with Gasteiger partial charge in [0.25, 0.3) is 0 Å². The summed E-state index contributed by atoms with van der Waals surface area (Å²) in [5.74, 6) is 1.41. The van der Waals surface area contributed by atoms with Gasteiger partial charge in [-0.05, 0) is 25.2 Å². The molecule has 2 nitrogen and oxygen atoms in total. The average Bonchev–Trinajstić information content (AvgIpc) is 2.47. The van der Waals surface area contributed by atoms with Crippen LogP contribution in [0.5, 0.6) is 0 Å². The number of unbranched alkanes of at least 4 members (excludes halogenated alkanes) is 6. The Morgan fingerprint density at radius 1 is 1.05 bits per heavy atom. The van der Waals surface area contributed by atoms with Gasteiger partial charge < -0.3 is 5.32 Å². The minimum atomic E-state index is 0.237. The molecule has 118 valence electrons. The second kappa shape index (κ2) is 11.4. The number of hydrogen-bond acceptors (Lipinski definition) is 1. The molecular weight excluding hydrogens is 270 g/mol. The number of halogens is 1. The fraction of sp³-hybridized carbons (Fsp3) is 0.941. The normalized spacial score (nSPS) is 22.7. The lowest BCUT2D eigenvalue weighted by Gasteiger charge is -2.30. The first-order valence-corrected chi connectivity index (χ1v) is 9.16. The summed E-state index contributed by atoms with van der Waals surface area (Å²) in [6.07, 6.45) is 14.3. The van der Waals surface area contributed by atoms with Crippen LogP contribution in [0.3, 0.4) is 0 Å². The van der Waals surface area contributed by atoms with Gasteiger partial charge in [-0.25, -0.2) is 0 Å². The van der Waals surface area contributed by atoms with E-state index in [1.165, 1.54) is 57.8 Å². The Hall–Kier alpha value is -0.240. The molecule has 0 aliphatic heterocycles. The quantitative estimate of drug-likeness (QED) is 0.444. The molecule has 1 N–H and O–H groups in total. The summed E-state index contributed by atoms with van der Waals surface area (Å²) in [6.45, 7) is 2.24. The summed E-state index contributed by atoms with van der Waals surface area (Å²) in [5, 5.41) is 3.21. The maximum absolute atomic E-state index is 12.0. The molecule has 1 aliphatic rings. The minimum absolute atomic E-state index is 0.237. The number of alkyl halides is 1. The van der Waals surface area contributed by atoms with E-state index in [2.05, 4.69) is 12.2 Å². The molecule has 3 heteroatoms. The van der Waals surface area contributed by atoms with Crippen molar-refractivity contribution in [1.82, 2.24) is 5.32 Å². The number of nitrogens with one attached hydrogen (secondary N) is 1. The molecule has 1 amide bonds. The van der Waals surface area contributed by atoms with Gasteiger partial charge in [0.15, 0.2) is 0 Å². The highest BCUT2D eigenvalue weighted by atomic mass is 35.5. The molecule has 1 fully saturated rings. The predicted octanol–water partition coefficient (Wildman–Crippen LogP) is 5.04. The van der Waals surface area contributed by atoms with Gasteiger partial charge in [-0.2, -0.15) is 0 Å². The number of hydrogen-bond donors (Lipinski definition) is 1. The number of carbonyl (C=O) groups excluding carboxylic acids is 1. The fourth-order valence-electron chi connectivity index (χ4n) is 3.10. The molecule has 2 unspecified atom stereocenters. The van der Waals surface area contributed by atoms with Crippen molar-refractivity contribution in [2.45, 2.75) is 90.0 Å². The Labute approximate surface area is 130 Å². The van der Waals surface area contributed by atoms with Crippen LogP contribution in [-0.2, 0) is 4.79 Å². The zero-order valence-corrected chi connectivity index (χ0v) is 13.9. The Morgan fingerprint density at radius 3 is 2.40 bits per heavy atom. The molecule has 1 rings (SSSR count). The van der Waals surface area contributed by atoms with Crippen molar-refractivity contribution in [3.8, 4) is 0 Å². The standard InChI is InChI=1S/C17H32ClNO/c1-2-3-4-5-6-7-8-13-17(20)19-16-12-10-9-11-15(16)14-18/h15-16H,2-14H2,1H3,(H,19,20). The van der Waals surface area contributed by atoms with Gasteiger partial charge in [-0.3, -0.25) is 4.79 Å². The lowest BCUT2D eigenvalue weighted by atomic mass is 9.85. The Balaban J connectivity index is 2.04. The van der Waals surface area contributed by atoms with Crippen LogP contribution >= 0.6 is 11.6 Å². The summed E-state index contributed by atoms with van der Waals surface area (Å²) in [6, 6.07) is 0.332. The van der Waals surface area contributed by atoms with Crippen LogP contribution in [0, 0.1) is 5.92 Å². The first kappa shape index (κ1) is 17.8. The highest BCUT2D eigenvalue weighted by Gasteiger charge is 2.25. The lowest BCUT2D eigenvalue weighted by Crippen LogP contribution is -2.42. The van der Waals surface area contributed by atoms with Gasteiger partial charge in [0.2, 0.25) is 5.91 Å². The largest absolute Gasteiger partial charge is 0.353 e. The van der Waals surface area contributed by atoms with Crippen molar-refractivity contribution >= 4 is 17.5 Å². The molecule has 0 heterocycles. The van der Waals surface area contributed by atoms with Crippen molar-refractivity contribution in [3.63, 3.8) is 0 Å². The van der Waals surface area contributed by atoms with Crippen LogP contribution in [0.4, 0.5) is 0 Å². The third-order valence-corrected chi connectivity index (χ3v) is 4.86. The molecule has 1 saturated carbocycles. The SMILES string of the molecule is CCCCCCCCCC(=O)NC1CCCCC1CCl. The number of amides is 1. The maximum atomic E-state index is 12.0. The summed E-state index contributed by atoms with van der Waals surface area (Å²) in [5.41, 5.74) is 0. The van der Waals surface area contributed by atoms with E-state index in [0.29, 0.717) is 24.3 Å². The van der Waals surface area contributed by atoms with Crippen molar-refractivity contribution in [2.75, 3.05) is 5.88 Å². The summed E-state index contributed by atoms with van der Waals surface area (Å²) >= 11 is 5.99. The van der Waals surface area contributed by atoms with E-state index in [-0.39, 0.29) is 5.91 Å². The fourth-order valence-corrected chi connectivity index (χ4v) is 3.47. The van der Waals surface area contributed by atoms with Gasteiger partial charge in [0, 0.05) is 18.3 Å². The molecule has 0 aromatic carbocycles. The molecule has 0 aromatic rings. The van der Waals surface area contributed by atoms with Crippen molar-refractivity contribution in [2.24, 2.45) is 5.92 Å². The van der Waals surface area contributed by atoms with Gasteiger partial charge in [-0.15, -0.1) is 11.6 Å². The topological polar surface area (TPSA) is 29.1 Å². The predicted molar refractivity (Wildman–Crippen MR) is 87.2 cm³/mol. The molecule has 2 atom stereocenters. The Bertz CT molecular complexity index is 257. The third-order valence-electron chi connectivity index (χ3n) is 4.46. The summed E-state index contributed by atoms with van der Waals surface area (Å²) in [4.78, 5) is 12.0. The Kier molecular flexibility index (Phi) is 10.2. The van der Waals surface area contributed by atoms with Crippen LogP contribution in [-0.4, -0.2) is 17.8 Å². The molecule has 0 bridgehead atoms. The number of carbonyl (C=O) groups is 1. The van der Waals surface area contributed by atoms with E-state index in [9.17, 15) is 4.79 Å². The van der Waals surface area contributed by atoms with Crippen molar-refractivity contribution in [1.29, 1.82) is 0 Å². The molecule has 20 heavy (non-hydrogen) atoms. The van der Waals surface area contributed by atoms with Gasteiger partial charge in [0.1, 0.15) is 0 Å². The smallest absolute Gasteiger partial charge is 0.220 e. The van der Waals surface area contributed by atoms with Crippen molar-refractivity contribution < 1.29 is 4.79 Å². The van der Waals surface area contributed by atoms with E-state index in [4.69, 9.17) is 11.6 Å². The van der Waals surface area contributed by atoms with Gasteiger partial charge in [0.05, 0.1) is 0 Å². The average molecular weight is 302 g/mol. The highest BCUT2D eigenvalue weighted by Crippen LogP contribution is 2.25. The summed E-state index contributed by atoms with van der Waals surface area (Å²) < 4.78 is 0. The van der Waals surface area contributed by atoms with Crippen LogP contribution in [0.15, 0.2) is 0 Å². The van der Waals surface area contributed by atoms with Crippen LogP contribution in [0.1, 0.15) is 84.0 Å². The van der Waals surface area contributed by atoms with E-state index >= 15 is 0 Å². The molecule has 0 spiro atoms. The van der Waals surface area contributed by atoms with Crippen LogP contribution < -0.4 is 5.32 Å². The lowest BCUT2D eigenvalue weighted by molar-refractivity contribution is -0.122. The van der Waals surface area contributed by atoms with Gasteiger partial charge >= 0.3 is 0 Å². The van der Waals surface area contributed by atoms with E-state index in [0.717, 1.165) is 12.8 Å². The zero-order chi connectivity index (χ0) is 14.6. The molecule has 0 saturated heterocycles. The highest BCUT2D eigenvalue weighted by molar-refractivity contribution is 6.18. The zero-order valence-electron chi connectivity index (χ0n) is 13.1. The maximum Gasteiger partial charge on any atom is 0.220 e. The molecular formula is C17H32ClNO. The summed E-state index contributed by atoms with van der Waals surface area (Å²) in [7, 11) is 0. The van der Waals surface area contributed by atoms with Crippen LogP contribution in [0.25, 0.3) is 0 Å². The monoisotopic (exact) mass is 301 g/mol. The van der Waals surface area contributed by atoms with Crippen molar-refractivity contribution in [3.05, 3.63) is 0 Å². The molecule has 0 aromatic heterocycles. The second-order valence-corrected chi connectivity index (χ2v) is 6.55. The molecule has 1 aliphatic carbocycles. The number of rotatable bonds is 10. The Morgan fingerprint density at radius 2 is 1.70 bits per heavy atom. The first-order valence-electron chi connectivity index (χ1n) is 8.63. The van der Waals surface area contributed by atoms with E-state index in [1.807, 2.05) is 0 Å². The van der Waals surface area contributed by atoms with Gasteiger partial charge in [-0.1, -0.05) is 58.3 Å². The third kappa shape index (κ3) is 7.52. The minimum Gasteiger partial charge on any atom is -0.353 e. The first-order chi connectivity index (χ1) is 9.77. The molecule has 0 radical (unpaired) electrons. The second-order valence-electron chi connectivity index (χ2n) is 6.24.